The van der Waals surface area contributed by atoms with Crippen LogP contribution in [-0.2, 0) is 0 Å². The average molecular weight is 495 g/mol. The van der Waals surface area contributed by atoms with Gasteiger partial charge in [0.05, 0.1) is 36.4 Å². The predicted octanol–water partition coefficient (Wildman–Crippen LogP) is 3.66. The van der Waals surface area contributed by atoms with Crippen LogP contribution in [0.2, 0.25) is 0 Å². The number of halogens is 2. The molecule has 11 heteroatoms. The molecule has 0 bridgehead atoms. The molecule has 2 N–H and O–H groups in total. The summed E-state index contributed by atoms with van der Waals surface area (Å²) in [6.45, 7) is 0. The molecular formula is C25H24F2N6O3. The zero-order chi connectivity index (χ0) is 25.2. The van der Waals surface area contributed by atoms with Crippen molar-refractivity contribution in [3.8, 4) is 5.75 Å². The van der Waals surface area contributed by atoms with Crippen molar-refractivity contribution in [3.63, 3.8) is 0 Å². The van der Waals surface area contributed by atoms with Crippen LogP contribution in [0.25, 0.3) is 10.9 Å². The Balaban J connectivity index is 1.47. The molecule has 9 nitrogen and oxygen atoms in total. The Kier molecular flexibility index (Phi) is 6.36. The fraction of sp³-hybridized carbons (Fsp3) is 0.280. The van der Waals surface area contributed by atoms with Crippen LogP contribution in [0.3, 0.4) is 0 Å². The Labute approximate surface area is 205 Å². The lowest BCUT2D eigenvalue weighted by atomic mass is 9.93. The number of nitrogens with zero attached hydrogens (tertiary/aromatic N) is 4. The first kappa shape index (κ1) is 23.5. The molecule has 1 aliphatic rings. The van der Waals surface area contributed by atoms with Crippen molar-refractivity contribution in [3.05, 3.63) is 77.2 Å². The number of methoxy groups -OCH3 is 1. The quantitative estimate of drug-likeness (QED) is 0.385. The molecule has 0 spiro atoms. The van der Waals surface area contributed by atoms with Gasteiger partial charge < -0.3 is 20.2 Å². The van der Waals surface area contributed by atoms with E-state index in [2.05, 4.69) is 25.7 Å². The van der Waals surface area contributed by atoms with E-state index in [0.717, 1.165) is 25.3 Å². The highest BCUT2D eigenvalue weighted by Crippen LogP contribution is 2.28. The molecule has 36 heavy (non-hydrogen) atoms. The van der Waals surface area contributed by atoms with Gasteiger partial charge in [0.15, 0.2) is 11.6 Å². The standard InChI is InChI=1S/C25H24F2N6O3/c1-35-22-7-6-14(8-20(22)27)23(16-11-29-33(13-16)36-2)32-24(34)15-9-19(26)18-12-28-25(31-21(18)10-15)30-17-4-3-5-17/h6-13,17,23H,3-5H2,1-2H3,(H,32,34)(H,28,30,31)/t23-/m0/s1. The Morgan fingerprint density at radius 2 is 1.94 bits per heavy atom. The Hall–Kier alpha value is -4.28. The number of hydrogen-bond donors (Lipinski definition) is 2. The summed E-state index contributed by atoms with van der Waals surface area (Å²) in [5.74, 6) is -1.32. The first-order valence-corrected chi connectivity index (χ1v) is 11.4. The maximum atomic E-state index is 14.9. The van der Waals surface area contributed by atoms with E-state index in [1.165, 1.54) is 49.7 Å². The molecule has 186 valence electrons. The number of anilines is 1. The van der Waals surface area contributed by atoms with Crippen LogP contribution in [0.5, 0.6) is 5.75 Å². The monoisotopic (exact) mass is 494 g/mol. The molecule has 2 aromatic carbocycles. The number of fused-ring (bicyclic) bond motifs is 1. The molecule has 2 heterocycles. The van der Waals surface area contributed by atoms with Crippen molar-refractivity contribution in [1.82, 2.24) is 25.2 Å². The van der Waals surface area contributed by atoms with E-state index in [0.29, 0.717) is 28.6 Å². The molecule has 1 amide bonds. The number of benzene rings is 2. The molecule has 0 saturated heterocycles. The topological polar surface area (TPSA) is 103 Å². The largest absolute Gasteiger partial charge is 0.494 e. The number of carbonyl (C=O) groups is 1. The lowest BCUT2D eigenvalue weighted by Crippen LogP contribution is -2.29. The molecule has 0 unspecified atom stereocenters. The Bertz CT molecular complexity index is 1420. The first-order chi connectivity index (χ1) is 17.4. The van der Waals surface area contributed by atoms with Gasteiger partial charge in [-0.05, 0) is 49.1 Å². The van der Waals surface area contributed by atoms with Gasteiger partial charge in [0.1, 0.15) is 12.9 Å². The third-order valence-electron chi connectivity index (χ3n) is 6.24. The van der Waals surface area contributed by atoms with E-state index in [4.69, 9.17) is 9.57 Å². The van der Waals surface area contributed by atoms with Crippen LogP contribution in [0.1, 0.15) is 46.8 Å². The van der Waals surface area contributed by atoms with E-state index in [1.807, 2.05) is 0 Å². The zero-order valence-corrected chi connectivity index (χ0v) is 19.7. The minimum atomic E-state index is -0.804. The summed E-state index contributed by atoms with van der Waals surface area (Å²) < 4.78 is 34.4. The summed E-state index contributed by atoms with van der Waals surface area (Å²) in [5, 5.41) is 10.3. The first-order valence-electron chi connectivity index (χ1n) is 11.4. The van der Waals surface area contributed by atoms with E-state index in [-0.39, 0.29) is 16.7 Å². The van der Waals surface area contributed by atoms with Gasteiger partial charge in [-0.2, -0.15) is 0 Å². The van der Waals surface area contributed by atoms with E-state index in [1.54, 1.807) is 12.3 Å². The van der Waals surface area contributed by atoms with E-state index < -0.39 is 23.6 Å². The molecular weight excluding hydrogens is 470 g/mol. The highest BCUT2D eigenvalue weighted by atomic mass is 19.1. The maximum absolute atomic E-state index is 14.9. The van der Waals surface area contributed by atoms with Gasteiger partial charge >= 0.3 is 0 Å². The van der Waals surface area contributed by atoms with Gasteiger partial charge in [-0.3, -0.25) is 4.79 Å². The third kappa shape index (κ3) is 4.64. The lowest BCUT2D eigenvalue weighted by molar-refractivity contribution is 0.0942. The molecule has 1 atom stereocenters. The number of carbonyl (C=O) groups excluding carboxylic acids is 1. The van der Waals surface area contributed by atoms with Crippen LogP contribution in [0, 0.1) is 11.6 Å². The molecule has 1 saturated carbocycles. The minimum Gasteiger partial charge on any atom is -0.494 e. The molecule has 1 fully saturated rings. The molecule has 0 radical (unpaired) electrons. The second-order valence-corrected chi connectivity index (χ2v) is 8.52. The second kappa shape index (κ2) is 9.76. The summed E-state index contributed by atoms with van der Waals surface area (Å²) >= 11 is 0. The molecule has 5 rings (SSSR count). The van der Waals surface area contributed by atoms with E-state index >= 15 is 0 Å². The third-order valence-corrected chi connectivity index (χ3v) is 6.24. The number of rotatable bonds is 8. The van der Waals surface area contributed by atoms with Crippen LogP contribution >= 0.6 is 0 Å². The number of nitrogens with one attached hydrogen (secondary N) is 2. The average Bonchev–Trinajstić information content (AvgIpc) is 3.33. The van der Waals surface area contributed by atoms with Crippen molar-refractivity contribution < 1.29 is 23.1 Å². The van der Waals surface area contributed by atoms with Crippen LogP contribution in [-0.4, -0.2) is 46.1 Å². The van der Waals surface area contributed by atoms with Crippen LogP contribution in [0.15, 0.2) is 48.9 Å². The molecule has 4 aromatic rings. The van der Waals surface area contributed by atoms with Crippen LogP contribution < -0.4 is 20.2 Å². The van der Waals surface area contributed by atoms with Crippen molar-refractivity contribution in [2.45, 2.75) is 31.3 Å². The maximum Gasteiger partial charge on any atom is 0.252 e. The number of amides is 1. The Morgan fingerprint density at radius 1 is 1.11 bits per heavy atom. The molecule has 0 aliphatic heterocycles. The highest BCUT2D eigenvalue weighted by molar-refractivity contribution is 5.98. The molecule has 1 aliphatic carbocycles. The van der Waals surface area contributed by atoms with Crippen molar-refractivity contribution >= 4 is 22.8 Å². The van der Waals surface area contributed by atoms with Gasteiger partial charge in [0, 0.05) is 23.4 Å². The normalized spacial score (nSPS) is 14.2. The van der Waals surface area contributed by atoms with E-state index in [9.17, 15) is 13.6 Å². The fourth-order valence-electron chi connectivity index (χ4n) is 4.03. The summed E-state index contributed by atoms with van der Waals surface area (Å²) in [6, 6.07) is 6.49. The smallest absolute Gasteiger partial charge is 0.252 e. The number of hydrogen-bond acceptors (Lipinski definition) is 7. The van der Waals surface area contributed by atoms with Gasteiger partial charge in [0.2, 0.25) is 5.95 Å². The summed E-state index contributed by atoms with van der Waals surface area (Å²) in [4.78, 5) is 28.2. The SMILES string of the molecule is COc1ccc([C@H](NC(=O)c2cc(F)c3cnc(NC4CCC4)nc3c2)c2cnn(OC)c2)cc1F. The molecule has 2 aromatic heterocycles. The number of aromatic nitrogens is 4. The fourth-order valence-corrected chi connectivity index (χ4v) is 4.03. The van der Waals surface area contributed by atoms with Crippen LogP contribution in [0.4, 0.5) is 14.7 Å². The summed E-state index contributed by atoms with van der Waals surface area (Å²) in [6.07, 6.45) is 7.66. The van der Waals surface area contributed by atoms with Gasteiger partial charge in [-0.1, -0.05) is 6.07 Å². The number of ether oxygens (including phenoxy) is 1. The van der Waals surface area contributed by atoms with Crippen molar-refractivity contribution in [2.75, 3.05) is 19.5 Å². The predicted molar refractivity (Wildman–Crippen MR) is 128 cm³/mol. The second-order valence-electron chi connectivity index (χ2n) is 8.52. The Morgan fingerprint density at radius 3 is 2.61 bits per heavy atom. The van der Waals surface area contributed by atoms with Gasteiger partial charge in [-0.25, -0.2) is 18.7 Å². The van der Waals surface area contributed by atoms with Gasteiger partial charge in [0.25, 0.3) is 5.91 Å². The lowest BCUT2D eigenvalue weighted by Gasteiger charge is -2.26. The van der Waals surface area contributed by atoms with Crippen molar-refractivity contribution in [1.29, 1.82) is 0 Å². The van der Waals surface area contributed by atoms with Gasteiger partial charge in [-0.15, -0.1) is 9.94 Å². The highest BCUT2D eigenvalue weighted by Gasteiger charge is 2.23. The summed E-state index contributed by atoms with van der Waals surface area (Å²) in [5.41, 5.74) is 1.33. The zero-order valence-electron chi connectivity index (χ0n) is 19.7. The minimum absolute atomic E-state index is 0.0615. The summed E-state index contributed by atoms with van der Waals surface area (Å²) in [7, 11) is 2.80. The van der Waals surface area contributed by atoms with Crippen molar-refractivity contribution in [2.24, 2.45) is 0 Å².